The van der Waals surface area contributed by atoms with Gasteiger partial charge < -0.3 is 5.11 Å². The third kappa shape index (κ3) is 2.30. The highest BCUT2D eigenvalue weighted by molar-refractivity contribution is 9.08. The van der Waals surface area contributed by atoms with Gasteiger partial charge in [-0.25, -0.2) is 4.79 Å². The van der Waals surface area contributed by atoms with Crippen molar-refractivity contribution in [1.82, 2.24) is 0 Å². The van der Waals surface area contributed by atoms with Crippen LogP contribution in [0, 0.1) is 15.9 Å². The fourth-order valence-corrected chi connectivity index (χ4v) is 1.52. The van der Waals surface area contributed by atoms with Crippen LogP contribution in [0.15, 0.2) is 12.1 Å². The van der Waals surface area contributed by atoms with Crippen LogP contribution in [0.2, 0.25) is 0 Å². The van der Waals surface area contributed by atoms with Gasteiger partial charge in [0.15, 0.2) is 0 Å². The van der Waals surface area contributed by atoms with E-state index in [2.05, 4.69) is 15.9 Å². The van der Waals surface area contributed by atoms with Crippen LogP contribution in [-0.2, 0) is 5.33 Å². The van der Waals surface area contributed by atoms with Gasteiger partial charge in [0.25, 0.3) is 0 Å². The molecule has 0 bridgehead atoms. The van der Waals surface area contributed by atoms with E-state index >= 15 is 0 Å². The minimum atomic E-state index is -1.33. The lowest BCUT2D eigenvalue weighted by Crippen LogP contribution is -2.04. The van der Waals surface area contributed by atoms with Crippen molar-refractivity contribution in [2.75, 3.05) is 0 Å². The average Bonchev–Trinajstić information content (AvgIpc) is 2.16. The topological polar surface area (TPSA) is 80.4 Å². The number of nitro benzene ring substituents is 1. The second-order valence-corrected chi connectivity index (χ2v) is 3.22. The number of rotatable bonds is 3. The Hall–Kier alpha value is -1.50. The van der Waals surface area contributed by atoms with Gasteiger partial charge in [0, 0.05) is 11.4 Å². The molecule has 0 aliphatic heterocycles. The van der Waals surface area contributed by atoms with Crippen LogP contribution in [0.1, 0.15) is 15.9 Å². The van der Waals surface area contributed by atoms with Gasteiger partial charge in [-0.3, -0.25) is 10.1 Å². The number of carboxylic acid groups (broad SMARTS) is 1. The lowest BCUT2D eigenvalue weighted by atomic mass is 10.1. The Morgan fingerprint density at radius 2 is 2.20 bits per heavy atom. The largest absolute Gasteiger partial charge is 0.478 e. The summed E-state index contributed by atoms with van der Waals surface area (Å²) in [5.41, 5.74) is -0.956. The number of benzene rings is 1. The highest BCUT2D eigenvalue weighted by Gasteiger charge is 2.20. The summed E-state index contributed by atoms with van der Waals surface area (Å²) in [4.78, 5) is 20.1. The van der Waals surface area contributed by atoms with Crippen molar-refractivity contribution in [2.45, 2.75) is 5.33 Å². The van der Waals surface area contributed by atoms with Crippen molar-refractivity contribution in [1.29, 1.82) is 0 Å². The zero-order valence-corrected chi connectivity index (χ0v) is 8.82. The molecule has 0 heterocycles. The molecule has 0 amide bonds. The third-order valence-corrected chi connectivity index (χ3v) is 2.35. The van der Waals surface area contributed by atoms with E-state index in [4.69, 9.17) is 5.11 Å². The molecule has 0 aliphatic carbocycles. The van der Waals surface area contributed by atoms with Gasteiger partial charge >= 0.3 is 11.7 Å². The Morgan fingerprint density at radius 3 is 2.60 bits per heavy atom. The molecule has 0 atom stereocenters. The predicted octanol–water partition coefficient (Wildman–Crippen LogP) is 2.33. The Bertz CT molecular complexity index is 435. The second kappa shape index (κ2) is 4.35. The molecule has 7 heteroatoms. The third-order valence-electron chi connectivity index (χ3n) is 1.74. The smallest absolute Gasteiger partial charge is 0.336 e. The van der Waals surface area contributed by atoms with Gasteiger partial charge in [-0.05, 0) is 11.6 Å². The van der Waals surface area contributed by atoms with E-state index in [0.29, 0.717) is 6.07 Å². The molecule has 0 saturated carbocycles. The van der Waals surface area contributed by atoms with Crippen LogP contribution in [-0.4, -0.2) is 16.0 Å². The first-order chi connectivity index (χ1) is 6.97. The van der Waals surface area contributed by atoms with E-state index in [1.165, 1.54) is 0 Å². The Balaban J connectivity index is 3.43. The number of halogens is 2. The minimum Gasteiger partial charge on any atom is -0.478 e. The predicted molar refractivity (Wildman–Crippen MR) is 52.6 cm³/mol. The number of carbonyl (C=O) groups is 1. The van der Waals surface area contributed by atoms with Gasteiger partial charge in [-0.1, -0.05) is 15.9 Å². The van der Waals surface area contributed by atoms with Crippen molar-refractivity contribution in [3.05, 3.63) is 39.2 Å². The maximum absolute atomic E-state index is 13.1. The fraction of sp³-hybridized carbons (Fsp3) is 0.125. The summed E-state index contributed by atoms with van der Waals surface area (Å²) in [6, 6.07) is 1.56. The normalized spacial score (nSPS) is 10.0. The van der Waals surface area contributed by atoms with Gasteiger partial charge in [-0.15, -0.1) is 0 Å². The van der Waals surface area contributed by atoms with Crippen LogP contribution in [0.25, 0.3) is 0 Å². The van der Waals surface area contributed by atoms with E-state index in [1.54, 1.807) is 0 Å². The molecule has 0 fully saturated rings. The summed E-state index contributed by atoms with van der Waals surface area (Å²) in [7, 11) is 0. The summed E-state index contributed by atoms with van der Waals surface area (Å²) < 4.78 is 13.1. The summed E-state index contributed by atoms with van der Waals surface area (Å²) in [5.74, 6) is -2.37. The van der Waals surface area contributed by atoms with E-state index in [0.717, 1.165) is 6.07 Å². The molecular formula is C8H5BrFNO4. The highest BCUT2D eigenvalue weighted by atomic mass is 79.9. The summed E-state index contributed by atoms with van der Waals surface area (Å²) in [6.07, 6.45) is 0. The first kappa shape index (κ1) is 11.6. The molecule has 1 N–H and O–H groups in total. The highest BCUT2D eigenvalue weighted by Crippen LogP contribution is 2.23. The lowest BCUT2D eigenvalue weighted by Gasteiger charge is -2.02. The van der Waals surface area contributed by atoms with E-state index in [1.807, 2.05) is 0 Å². The molecule has 0 aliphatic rings. The molecule has 0 spiro atoms. The molecule has 5 nitrogen and oxygen atoms in total. The van der Waals surface area contributed by atoms with Crippen molar-refractivity contribution >= 4 is 27.6 Å². The number of hydrogen-bond acceptors (Lipinski definition) is 3. The van der Waals surface area contributed by atoms with Crippen molar-refractivity contribution in [2.24, 2.45) is 0 Å². The van der Waals surface area contributed by atoms with Gasteiger partial charge in [0.2, 0.25) is 5.82 Å². The van der Waals surface area contributed by atoms with Crippen LogP contribution < -0.4 is 0 Å². The quantitative estimate of drug-likeness (QED) is 0.522. The Kier molecular flexibility index (Phi) is 3.35. The van der Waals surface area contributed by atoms with Crippen molar-refractivity contribution in [3.63, 3.8) is 0 Å². The molecule has 15 heavy (non-hydrogen) atoms. The number of alkyl halides is 1. The molecule has 0 aromatic heterocycles. The van der Waals surface area contributed by atoms with Crippen molar-refractivity contribution in [3.8, 4) is 0 Å². The number of nitrogens with zero attached hydrogens (tertiary/aromatic N) is 1. The van der Waals surface area contributed by atoms with Crippen LogP contribution in [0.4, 0.5) is 10.1 Å². The standard InChI is InChI=1S/C8H5BrFNO4/c9-3-4-1-6(10)7(11(14)15)2-5(4)8(12)13/h1-2H,3H2,(H,12,13). The number of aromatic carboxylic acids is 1. The first-order valence-electron chi connectivity index (χ1n) is 3.73. The Labute approximate surface area is 91.8 Å². The zero-order valence-electron chi connectivity index (χ0n) is 7.24. The average molecular weight is 278 g/mol. The van der Waals surface area contributed by atoms with Crippen LogP contribution in [0.5, 0.6) is 0 Å². The number of carboxylic acids is 1. The first-order valence-corrected chi connectivity index (χ1v) is 4.85. The molecule has 80 valence electrons. The molecule has 0 radical (unpaired) electrons. The molecule has 0 unspecified atom stereocenters. The van der Waals surface area contributed by atoms with E-state index < -0.39 is 22.4 Å². The molecule has 1 aromatic rings. The fourth-order valence-electron chi connectivity index (χ4n) is 1.05. The molecule has 1 rings (SSSR count). The van der Waals surface area contributed by atoms with Crippen molar-refractivity contribution < 1.29 is 19.2 Å². The van der Waals surface area contributed by atoms with Gasteiger partial charge in [-0.2, -0.15) is 4.39 Å². The van der Waals surface area contributed by atoms with E-state index in [9.17, 15) is 19.3 Å². The summed E-state index contributed by atoms with van der Waals surface area (Å²) in [6.45, 7) is 0. The minimum absolute atomic E-state index is 0.115. The summed E-state index contributed by atoms with van der Waals surface area (Å²) >= 11 is 2.97. The second-order valence-electron chi connectivity index (χ2n) is 2.66. The summed E-state index contributed by atoms with van der Waals surface area (Å²) in [5, 5.41) is 19.2. The van der Waals surface area contributed by atoms with Gasteiger partial charge in [0.1, 0.15) is 0 Å². The maximum atomic E-state index is 13.1. The number of nitro groups is 1. The van der Waals surface area contributed by atoms with Crippen LogP contribution in [0.3, 0.4) is 0 Å². The zero-order chi connectivity index (χ0) is 11.6. The Morgan fingerprint density at radius 1 is 1.60 bits per heavy atom. The SMILES string of the molecule is O=C(O)c1cc([N+](=O)[O-])c(F)cc1CBr. The maximum Gasteiger partial charge on any atom is 0.336 e. The molecular weight excluding hydrogens is 273 g/mol. The number of hydrogen-bond donors (Lipinski definition) is 1. The molecule has 0 saturated heterocycles. The van der Waals surface area contributed by atoms with Crippen LogP contribution >= 0.6 is 15.9 Å². The lowest BCUT2D eigenvalue weighted by molar-refractivity contribution is -0.387. The molecule has 1 aromatic carbocycles. The van der Waals surface area contributed by atoms with E-state index in [-0.39, 0.29) is 16.5 Å². The van der Waals surface area contributed by atoms with Gasteiger partial charge in [0.05, 0.1) is 10.5 Å². The monoisotopic (exact) mass is 277 g/mol.